The van der Waals surface area contributed by atoms with Crippen LogP contribution in [0.4, 0.5) is 5.69 Å². The maximum absolute atomic E-state index is 12.3. The molecule has 1 amide bonds. The molecule has 2 heterocycles. The Hall–Kier alpha value is -1.85. The van der Waals surface area contributed by atoms with Crippen molar-refractivity contribution in [3.8, 4) is 0 Å². The first-order valence-corrected chi connectivity index (χ1v) is 6.89. The van der Waals surface area contributed by atoms with E-state index < -0.39 is 0 Å². The Kier molecular flexibility index (Phi) is 3.00. The van der Waals surface area contributed by atoms with Crippen LogP contribution in [0.2, 0.25) is 5.02 Å². The van der Waals surface area contributed by atoms with Crippen molar-refractivity contribution in [1.82, 2.24) is 9.38 Å². The van der Waals surface area contributed by atoms with Crippen LogP contribution >= 0.6 is 22.9 Å². The van der Waals surface area contributed by atoms with Crippen molar-refractivity contribution in [3.63, 3.8) is 0 Å². The highest BCUT2D eigenvalue weighted by atomic mass is 35.5. The third kappa shape index (κ3) is 2.11. The number of nitrogens with zero attached hydrogens (tertiary/aromatic N) is 2. The fraction of sp³-hybridized carbons (Fsp3) is 0.0769. The summed E-state index contributed by atoms with van der Waals surface area (Å²) in [5, 5.41) is 5.29. The average Bonchev–Trinajstić information content (AvgIpc) is 2.96. The van der Waals surface area contributed by atoms with Gasteiger partial charge in [-0.15, -0.1) is 11.3 Å². The molecule has 2 aromatic heterocycles. The van der Waals surface area contributed by atoms with Crippen LogP contribution in [0, 0.1) is 6.92 Å². The largest absolute Gasteiger partial charge is 0.320 e. The minimum Gasteiger partial charge on any atom is -0.320 e. The van der Waals surface area contributed by atoms with Gasteiger partial charge in [-0.3, -0.25) is 9.20 Å². The zero-order valence-electron chi connectivity index (χ0n) is 10.1. The average molecular weight is 292 g/mol. The summed E-state index contributed by atoms with van der Waals surface area (Å²) in [5.74, 6) is -0.172. The number of aromatic nitrogens is 2. The standard InChI is InChI=1S/C13H10ClN3OS/c1-8-9(14)3-2-4-10(8)16-12(18)11-7-19-13-15-5-6-17(11)13/h2-7H,1H3,(H,16,18). The maximum Gasteiger partial charge on any atom is 0.273 e. The number of amides is 1. The normalized spacial score (nSPS) is 10.8. The number of carbonyl (C=O) groups excluding carboxylic acids is 1. The molecule has 0 bridgehead atoms. The molecular formula is C13H10ClN3OS. The maximum atomic E-state index is 12.3. The minimum absolute atomic E-state index is 0.172. The van der Waals surface area contributed by atoms with Gasteiger partial charge < -0.3 is 5.32 Å². The molecule has 0 fully saturated rings. The number of halogens is 1. The van der Waals surface area contributed by atoms with Crippen LogP contribution in [-0.4, -0.2) is 15.3 Å². The van der Waals surface area contributed by atoms with Crippen molar-refractivity contribution in [3.05, 3.63) is 52.3 Å². The van der Waals surface area contributed by atoms with Gasteiger partial charge in [-0.25, -0.2) is 4.98 Å². The lowest BCUT2D eigenvalue weighted by molar-refractivity contribution is 0.102. The molecule has 3 aromatic rings. The third-order valence-electron chi connectivity index (χ3n) is 2.89. The van der Waals surface area contributed by atoms with Gasteiger partial charge in [-0.2, -0.15) is 0 Å². The molecule has 1 aromatic carbocycles. The number of fused-ring (bicyclic) bond motifs is 1. The number of hydrogen-bond acceptors (Lipinski definition) is 3. The van der Waals surface area contributed by atoms with Crippen LogP contribution in [0.15, 0.2) is 36.0 Å². The van der Waals surface area contributed by atoms with Gasteiger partial charge in [0.15, 0.2) is 4.96 Å². The van der Waals surface area contributed by atoms with E-state index in [2.05, 4.69) is 10.3 Å². The molecule has 0 aliphatic rings. The molecule has 3 rings (SSSR count). The Morgan fingerprint density at radius 2 is 2.32 bits per heavy atom. The lowest BCUT2D eigenvalue weighted by atomic mass is 10.2. The first-order chi connectivity index (χ1) is 9.16. The molecule has 0 atom stereocenters. The zero-order chi connectivity index (χ0) is 13.4. The molecule has 4 nitrogen and oxygen atoms in total. The molecular weight excluding hydrogens is 282 g/mol. The molecule has 0 unspecified atom stereocenters. The number of hydrogen-bond donors (Lipinski definition) is 1. The summed E-state index contributed by atoms with van der Waals surface area (Å²) in [6.07, 6.45) is 3.44. The molecule has 0 spiro atoms. The van der Waals surface area contributed by atoms with Crippen LogP contribution in [-0.2, 0) is 0 Å². The predicted octanol–water partition coefficient (Wildman–Crippen LogP) is 3.61. The van der Waals surface area contributed by atoms with Crippen molar-refractivity contribution in [2.75, 3.05) is 5.32 Å². The van der Waals surface area contributed by atoms with Gasteiger partial charge in [0, 0.05) is 28.5 Å². The van der Waals surface area contributed by atoms with Gasteiger partial charge >= 0.3 is 0 Å². The van der Waals surface area contributed by atoms with Crippen LogP contribution in [0.3, 0.4) is 0 Å². The Labute approximate surface area is 118 Å². The van der Waals surface area contributed by atoms with Crippen molar-refractivity contribution < 1.29 is 4.79 Å². The quantitative estimate of drug-likeness (QED) is 0.784. The number of thiazole rings is 1. The van der Waals surface area contributed by atoms with Gasteiger partial charge in [0.1, 0.15) is 5.69 Å². The molecule has 0 aliphatic carbocycles. The lowest BCUT2D eigenvalue weighted by Gasteiger charge is -2.08. The Morgan fingerprint density at radius 3 is 3.16 bits per heavy atom. The van der Waals surface area contributed by atoms with E-state index in [4.69, 9.17) is 11.6 Å². The highest BCUT2D eigenvalue weighted by molar-refractivity contribution is 7.15. The zero-order valence-corrected chi connectivity index (χ0v) is 11.6. The SMILES string of the molecule is Cc1c(Cl)cccc1NC(=O)c1csc2nccn12. The van der Waals surface area contributed by atoms with Gasteiger partial charge in [-0.05, 0) is 24.6 Å². The second-order valence-electron chi connectivity index (χ2n) is 4.07. The topological polar surface area (TPSA) is 46.4 Å². The van der Waals surface area contributed by atoms with Crippen LogP contribution in [0.1, 0.15) is 16.1 Å². The van der Waals surface area contributed by atoms with Gasteiger partial charge in [-0.1, -0.05) is 17.7 Å². The first-order valence-electron chi connectivity index (χ1n) is 5.64. The summed E-state index contributed by atoms with van der Waals surface area (Å²) < 4.78 is 1.76. The Morgan fingerprint density at radius 1 is 1.47 bits per heavy atom. The summed E-state index contributed by atoms with van der Waals surface area (Å²) in [6.45, 7) is 1.87. The molecule has 1 N–H and O–H groups in total. The summed E-state index contributed by atoms with van der Waals surface area (Å²) in [7, 11) is 0. The smallest absolute Gasteiger partial charge is 0.273 e. The van der Waals surface area contributed by atoms with Gasteiger partial charge in [0.2, 0.25) is 0 Å². The van der Waals surface area contributed by atoms with Gasteiger partial charge in [0.25, 0.3) is 5.91 Å². The summed E-state index contributed by atoms with van der Waals surface area (Å²) >= 11 is 7.47. The highest BCUT2D eigenvalue weighted by Crippen LogP contribution is 2.24. The summed E-state index contributed by atoms with van der Waals surface area (Å²) in [4.78, 5) is 17.2. The van der Waals surface area contributed by atoms with E-state index in [9.17, 15) is 4.79 Å². The second-order valence-corrected chi connectivity index (χ2v) is 5.31. The number of anilines is 1. The van der Waals surface area contributed by atoms with Crippen LogP contribution < -0.4 is 5.32 Å². The van der Waals surface area contributed by atoms with E-state index in [1.807, 2.05) is 19.1 Å². The van der Waals surface area contributed by atoms with E-state index in [0.717, 1.165) is 16.2 Å². The third-order valence-corrected chi connectivity index (χ3v) is 4.15. The lowest BCUT2D eigenvalue weighted by Crippen LogP contribution is -2.14. The van der Waals surface area contributed by atoms with E-state index in [0.29, 0.717) is 10.7 Å². The Bertz CT molecular complexity index is 762. The fourth-order valence-corrected chi connectivity index (χ4v) is 2.82. The molecule has 6 heteroatoms. The number of imidazole rings is 1. The van der Waals surface area contributed by atoms with E-state index in [1.54, 1.807) is 28.2 Å². The van der Waals surface area contributed by atoms with Crippen LogP contribution in [0.5, 0.6) is 0 Å². The summed E-state index contributed by atoms with van der Waals surface area (Å²) in [6, 6.07) is 5.44. The first kappa shape index (κ1) is 12.2. The van der Waals surface area contributed by atoms with Crippen molar-refractivity contribution >= 4 is 39.5 Å². The minimum atomic E-state index is -0.172. The highest BCUT2D eigenvalue weighted by Gasteiger charge is 2.14. The van der Waals surface area contributed by atoms with E-state index in [1.165, 1.54) is 11.3 Å². The summed E-state index contributed by atoms with van der Waals surface area (Å²) in [5.41, 5.74) is 2.14. The van der Waals surface area contributed by atoms with E-state index >= 15 is 0 Å². The molecule has 0 saturated heterocycles. The predicted molar refractivity (Wildman–Crippen MR) is 77.2 cm³/mol. The van der Waals surface area contributed by atoms with Crippen LogP contribution in [0.25, 0.3) is 4.96 Å². The fourth-order valence-electron chi connectivity index (χ4n) is 1.82. The molecule has 0 saturated carbocycles. The Balaban J connectivity index is 1.94. The number of rotatable bonds is 2. The molecule has 0 aliphatic heterocycles. The van der Waals surface area contributed by atoms with Crippen molar-refractivity contribution in [2.24, 2.45) is 0 Å². The number of nitrogens with one attached hydrogen (secondary N) is 1. The number of carbonyl (C=O) groups is 1. The molecule has 19 heavy (non-hydrogen) atoms. The van der Waals surface area contributed by atoms with Crippen molar-refractivity contribution in [1.29, 1.82) is 0 Å². The van der Waals surface area contributed by atoms with Crippen molar-refractivity contribution in [2.45, 2.75) is 6.92 Å². The second kappa shape index (κ2) is 4.68. The monoisotopic (exact) mass is 291 g/mol. The van der Waals surface area contributed by atoms with E-state index in [-0.39, 0.29) is 5.91 Å². The molecule has 96 valence electrons. The number of benzene rings is 1. The van der Waals surface area contributed by atoms with Gasteiger partial charge in [0.05, 0.1) is 0 Å². The molecule has 0 radical (unpaired) electrons.